The largest absolute Gasteiger partial charge is 0.256 e. The van der Waals surface area contributed by atoms with E-state index in [9.17, 15) is 0 Å². The number of hydrogen-bond acceptors (Lipinski definition) is 1. The summed E-state index contributed by atoms with van der Waals surface area (Å²) in [5.41, 5.74) is 7.02. The Bertz CT molecular complexity index is 2720. The van der Waals surface area contributed by atoms with Gasteiger partial charge in [-0.2, -0.15) is 0 Å². The minimum atomic E-state index is 0.980. The van der Waals surface area contributed by atoms with Gasteiger partial charge in [0.1, 0.15) is 0 Å². The van der Waals surface area contributed by atoms with Crippen LogP contribution < -0.4 is 0 Å². The lowest BCUT2D eigenvalue weighted by atomic mass is 9.83. The highest BCUT2D eigenvalue weighted by atomic mass is 14.7. The van der Waals surface area contributed by atoms with Gasteiger partial charge >= 0.3 is 0 Å². The van der Waals surface area contributed by atoms with Gasteiger partial charge in [-0.3, -0.25) is 4.98 Å². The third-order valence-corrected chi connectivity index (χ3v) is 9.83. The van der Waals surface area contributed by atoms with Crippen molar-refractivity contribution in [3.05, 3.63) is 164 Å². The molecule has 0 saturated heterocycles. The van der Waals surface area contributed by atoms with Gasteiger partial charge in [0.25, 0.3) is 0 Å². The molecule has 0 N–H and O–H groups in total. The molecule has 0 amide bonds. The zero-order chi connectivity index (χ0) is 30.2. The smallest absolute Gasteiger partial charge is 0.0702 e. The van der Waals surface area contributed by atoms with Crippen molar-refractivity contribution in [1.29, 1.82) is 0 Å². The van der Waals surface area contributed by atoms with Crippen LogP contribution in [0.3, 0.4) is 0 Å². The molecule has 1 aromatic heterocycles. The summed E-state index contributed by atoms with van der Waals surface area (Å²) in [4.78, 5) is 5.01. The van der Waals surface area contributed by atoms with Gasteiger partial charge in [-0.1, -0.05) is 146 Å². The fourth-order valence-electron chi connectivity index (χ4n) is 7.74. The van der Waals surface area contributed by atoms with Crippen molar-refractivity contribution in [2.75, 3.05) is 0 Å². The van der Waals surface area contributed by atoms with Crippen LogP contribution in [0.4, 0.5) is 0 Å². The number of pyridine rings is 1. The lowest BCUT2D eigenvalue weighted by molar-refractivity contribution is 1.33. The molecule has 1 heteroatoms. The van der Waals surface area contributed by atoms with Gasteiger partial charge in [0.2, 0.25) is 0 Å². The van der Waals surface area contributed by atoms with Crippen LogP contribution in [0.15, 0.2) is 164 Å². The third-order valence-electron chi connectivity index (χ3n) is 9.83. The second-order valence-electron chi connectivity index (χ2n) is 12.3. The topological polar surface area (TPSA) is 12.9 Å². The van der Waals surface area contributed by atoms with Crippen molar-refractivity contribution in [3.8, 4) is 33.5 Å². The first-order valence-electron chi connectivity index (χ1n) is 15.9. The summed E-state index contributed by atoms with van der Waals surface area (Å²) in [6.07, 6.45) is 2.05. The van der Waals surface area contributed by atoms with E-state index in [1.165, 1.54) is 81.3 Å². The molecule has 0 radical (unpaired) electrons. The summed E-state index contributed by atoms with van der Waals surface area (Å²) >= 11 is 0. The van der Waals surface area contributed by atoms with E-state index in [0.29, 0.717) is 0 Å². The molecule has 0 aliphatic carbocycles. The Morgan fingerprint density at radius 1 is 0.326 bits per heavy atom. The maximum atomic E-state index is 5.01. The van der Waals surface area contributed by atoms with E-state index in [-0.39, 0.29) is 0 Å². The van der Waals surface area contributed by atoms with E-state index in [0.717, 1.165) is 16.8 Å². The van der Waals surface area contributed by atoms with Crippen LogP contribution in [-0.2, 0) is 0 Å². The quantitative estimate of drug-likeness (QED) is 0.149. The van der Waals surface area contributed by atoms with E-state index in [1.807, 2.05) is 0 Å². The minimum Gasteiger partial charge on any atom is -0.256 e. The zero-order valence-corrected chi connectivity index (χ0v) is 25.0. The number of hydrogen-bond donors (Lipinski definition) is 0. The lowest BCUT2D eigenvalue weighted by Gasteiger charge is -2.20. The predicted octanol–water partition coefficient (Wildman–Crippen LogP) is 12.4. The average molecular weight is 582 g/mol. The second-order valence-corrected chi connectivity index (χ2v) is 12.3. The van der Waals surface area contributed by atoms with Gasteiger partial charge in [0.15, 0.2) is 0 Å². The molecule has 212 valence electrons. The number of rotatable bonds is 3. The molecular formula is C45H27N. The normalized spacial score (nSPS) is 11.9. The van der Waals surface area contributed by atoms with E-state index in [4.69, 9.17) is 4.98 Å². The van der Waals surface area contributed by atoms with Crippen LogP contribution in [0.1, 0.15) is 0 Å². The average Bonchev–Trinajstić information content (AvgIpc) is 3.13. The summed E-state index contributed by atoms with van der Waals surface area (Å²) in [6, 6.07) is 57.6. The van der Waals surface area contributed by atoms with E-state index >= 15 is 0 Å². The molecule has 0 atom stereocenters. The van der Waals surface area contributed by atoms with Crippen LogP contribution in [-0.4, -0.2) is 4.98 Å². The molecule has 0 aliphatic rings. The highest BCUT2D eigenvalue weighted by Gasteiger charge is 2.19. The van der Waals surface area contributed by atoms with Gasteiger partial charge < -0.3 is 0 Å². The molecule has 10 rings (SSSR count). The highest BCUT2D eigenvalue weighted by molar-refractivity contribution is 6.29. The standard InChI is InChI=1S/C45H27N/c1-2-9-32-26-33(19-16-28(32)8-1)41-25-22-34(27-46-41)43-35-12-3-5-14-37(35)45(38-15-6-4-13-36(38)43)40-24-21-31-18-17-29-10-7-11-30-20-23-39(40)44(31)42(29)30/h1-27H. The molecule has 0 spiro atoms. The Balaban J connectivity index is 1.22. The molecule has 0 aliphatic heterocycles. The van der Waals surface area contributed by atoms with Crippen LogP contribution in [0.25, 0.3) is 98.1 Å². The predicted molar refractivity (Wildman–Crippen MR) is 197 cm³/mol. The van der Waals surface area contributed by atoms with E-state index in [1.54, 1.807) is 0 Å². The summed E-state index contributed by atoms with van der Waals surface area (Å²) < 4.78 is 0. The van der Waals surface area contributed by atoms with Crippen molar-refractivity contribution in [3.63, 3.8) is 0 Å². The number of nitrogens with zero attached hydrogens (tertiary/aromatic N) is 1. The van der Waals surface area contributed by atoms with Crippen molar-refractivity contribution >= 4 is 64.6 Å². The van der Waals surface area contributed by atoms with Crippen molar-refractivity contribution in [2.45, 2.75) is 0 Å². The fourth-order valence-corrected chi connectivity index (χ4v) is 7.74. The first-order valence-corrected chi connectivity index (χ1v) is 15.9. The monoisotopic (exact) mass is 581 g/mol. The molecule has 1 heterocycles. The number of aromatic nitrogens is 1. The Morgan fingerprint density at radius 3 is 1.57 bits per heavy atom. The van der Waals surface area contributed by atoms with E-state index < -0.39 is 0 Å². The maximum absolute atomic E-state index is 5.01. The van der Waals surface area contributed by atoms with Crippen LogP contribution >= 0.6 is 0 Å². The molecule has 0 unspecified atom stereocenters. The zero-order valence-electron chi connectivity index (χ0n) is 25.0. The first kappa shape index (κ1) is 25.3. The molecule has 9 aromatic carbocycles. The van der Waals surface area contributed by atoms with Gasteiger partial charge in [-0.15, -0.1) is 0 Å². The SMILES string of the molecule is c1ccc2cc(-c3ccc(-c4c5ccccc5c(-c5ccc6ccc7cccc8ccc5c6c78)c5ccccc45)cn3)ccc2c1. The summed E-state index contributed by atoms with van der Waals surface area (Å²) in [6.45, 7) is 0. The summed E-state index contributed by atoms with van der Waals surface area (Å²) in [7, 11) is 0. The minimum absolute atomic E-state index is 0.980. The molecule has 0 fully saturated rings. The number of benzene rings is 9. The molecule has 1 nitrogen and oxygen atoms in total. The molecule has 0 bridgehead atoms. The lowest BCUT2D eigenvalue weighted by Crippen LogP contribution is -1.93. The third kappa shape index (κ3) is 3.66. The first-order chi connectivity index (χ1) is 22.8. The Kier molecular flexibility index (Phi) is 5.35. The van der Waals surface area contributed by atoms with Crippen molar-refractivity contribution in [2.24, 2.45) is 0 Å². The van der Waals surface area contributed by atoms with Crippen molar-refractivity contribution < 1.29 is 0 Å². The fraction of sp³-hybridized carbons (Fsp3) is 0. The van der Waals surface area contributed by atoms with Crippen LogP contribution in [0.2, 0.25) is 0 Å². The van der Waals surface area contributed by atoms with Gasteiger partial charge in [-0.25, -0.2) is 0 Å². The second kappa shape index (κ2) is 9.72. The van der Waals surface area contributed by atoms with Crippen LogP contribution in [0.5, 0.6) is 0 Å². The Labute approximate surface area is 266 Å². The van der Waals surface area contributed by atoms with Gasteiger partial charge in [0, 0.05) is 17.3 Å². The Morgan fingerprint density at radius 2 is 0.870 bits per heavy atom. The number of fused-ring (bicyclic) bond motifs is 3. The Hall–Kier alpha value is -6.05. The van der Waals surface area contributed by atoms with Gasteiger partial charge in [-0.05, 0) is 93.5 Å². The highest BCUT2D eigenvalue weighted by Crippen LogP contribution is 2.47. The molecule has 46 heavy (non-hydrogen) atoms. The molecule has 10 aromatic rings. The molecule has 0 saturated carbocycles. The summed E-state index contributed by atoms with van der Waals surface area (Å²) in [5.74, 6) is 0. The maximum Gasteiger partial charge on any atom is 0.0702 e. The molecular weight excluding hydrogens is 555 g/mol. The van der Waals surface area contributed by atoms with Crippen molar-refractivity contribution in [1.82, 2.24) is 4.98 Å². The van der Waals surface area contributed by atoms with E-state index in [2.05, 4.69) is 164 Å². The van der Waals surface area contributed by atoms with Gasteiger partial charge in [0.05, 0.1) is 5.69 Å². The van der Waals surface area contributed by atoms with Crippen LogP contribution in [0, 0.1) is 0 Å². The summed E-state index contributed by atoms with van der Waals surface area (Å²) in [5, 5.41) is 15.3.